The highest BCUT2D eigenvalue weighted by Crippen LogP contribution is 2.15. The number of nitrogens with zero attached hydrogens (tertiary/aromatic N) is 1. The van der Waals surface area contributed by atoms with Gasteiger partial charge in [-0.1, -0.05) is 85.0 Å². The third-order valence-corrected chi connectivity index (χ3v) is 5.81. The lowest BCUT2D eigenvalue weighted by molar-refractivity contribution is -0.963. The van der Waals surface area contributed by atoms with Crippen molar-refractivity contribution >= 4 is 12.0 Å². The average molecular weight is 504 g/mol. The van der Waals surface area contributed by atoms with E-state index in [9.17, 15) is 14.7 Å². The standard InChI is InChI=1S/C30H37N3O4/c1-30(2,3)37-29(36)31-26(20-23-14-8-5-9-15-23)27(34)22-33(4,21-24-16-10-6-11-17-24)32-28(35)25-18-12-7-13-19-25/h5-19,26-27H,20-22H2,1-4H3,(H,31,36)(H,32,35)/t26?,27-,33-/m0/s1. The Morgan fingerprint density at radius 3 is 1.92 bits per heavy atom. The molecule has 3 aromatic carbocycles. The molecule has 0 saturated heterocycles. The quantitative estimate of drug-likeness (QED) is 0.325. The molecule has 0 aliphatic heterocycles. The molecule has 0 bridgehead atoms. The minimum Gasteiger partial charge on any atom is -0.846 e. The minimum atomic E-state index is -1.24. The van der Waals surface area contributed by atoms with Crippen LogP contribution in [-0.2, 0) is 17.7 Å². The molecule has 2 N–H and O–H groups in total. The third-order valence-electron chi connectivity index (χ3n) is 5.81. The van der Waals surface area contributed by atoms with Crippen LogP contribution in [0.15, 0.2) is 91.0 Å². The van der Waals surface area contributed by atoms with Crippen LogP contribution in [0.1, 0.15) is 42.3 Å². The second-order valence-electron chi connectivity index (χ2n) is 10.5. The number of nitrogens with one attached hydrogen (secondary N) is 2. The Balaban J connectivity index is 1.85. The summed E-state index contributed by atoms with van der Waals surface area (Å²) in [4.78, 5) is 25.7. The molecule has 7 heteroatoms. The Bertz CT molecular complexity index is 1130. The number of quaternary nitrogens is 1. The van der Waals surface area contributed by atoms with Crippen molar-refractivity contribution in [1.29, 1.82) is 0 Å². The van der Waals surface area contributed by atoms with Crippen LogP contribution in [-0.4, -0.2) is 47.9 Å². The van der Waals surface area contributed by atoms with Crippen molar-refractivity contribution < 1.29 is 24.0 Å². The van der Waals surface area contributed by atoms with Crippen molar-refractivity contribution in [3.05, 3.63) is 108 Å². The summed E-state index contributed by atoms with van der Waals surface area (Å²) in [6, 6.07) is 27.4. The lowest BCUT2D eigenvalue weighted by Crippen LogP contribution is -2.65. The highest BCUT2D eigenvalue weighted by molar-refractivity contribution is 5.93. The zero-order chi connectivity index (χ0) is 26.9. The summed E-state index contributed by atoms with van der Waals surface area (Å²) >= 11 is 0. The van der Waals surface area contributed by atoms with Crippen LogP contribution in [0.2, 0.25) is 0 Å². The first-order valence-electron chi connectivity index (χ1n) is 12.5. The van der Waals surface area contributed by atoms with E-state index in [0.29, 0.717) is 18.5 Å². The summed E-state index contributed by atoms with van der Waals surface area (Å²) < 4.78 is 5.41. The van der Waals surface area contributed by atoms with Gasteiger partial charge in [-0.2, -0.15) is 5.43 Å². The topological polar surface area (TPSA) is 90.5 Å². The fraction of sp³-hybridized carbons (Fsp3) is 0.333. The van der Waals surface area contributed by atoms with E-state index in [1.807, 2.05) is 73.8 Å². The first kappa shape index (κ1) is 27.9. The van der Waals surface area contributed by atoms with Gasteiger partial charge in [-0.3, -0.25) is 4.79 Å². The van der Waals surface area contributed by atoms with E-state index in [4.69, 9.17) is 4.74 Å². The van der Waals surface area contributed by atoms with Crippen molar-refractivity contribution in [3.8, 4) is 0 Å². The van der Waals surface area contributed by atoms with Gasteiger partial charge in [-0.15, -0.1) is 0 Å². The van der Waals surface area contributed by atoms with E-state index in [2.05, 4.69) is 10.7 Å². The summed E-state index contributed by atoms with van der Waals surface area (Å²) in [6.45, 7) is 5.78. The SMILES string of the molecule is CC(C)(C)OC(=O)NC(Cc1ccccc1)[C@@H]([O-])C[N@+](C)(Cc1ccccc1)NC(=O)c1ccccc1. The van der Waals surface area contributed by atoms with Crippen LogP contribution in [0.5, 0.6) is 0 Å². The number of ether oxygens (including phenoxy) is 1. The molecule has 0 fully saturated rings. The van der Waals surface area contributed by atoms with Crippen LogP contribution >= 0.6 is 0 Å². The molecule has 0 aromatic heterocycles. The Labute approximate surface area is 219 Å². The summed E-state index contributed by atoms with van der Waals surface area (Å²) in [7, 11) is 1.83. The Hall–Kier alpha value is -3.68. The number of alkyl carbamates (subject to hydrolysis) is 1. The van der Waals surface area contributed by atoms with Crippen LogP contribution in [0.25, 0.3) is 0 Å². The molecule has 0 spiro atoms. The third kappa shape index (κ3) is 9.37. The first-order valence-corrected chi connectivity index (χ1v) is 12.5. The van der Waals surface area contributed by atoms with Gasteiger partial charge in [0, 0.05) is 17.2 Å². The number of hydrogen-bond donors (Lipinski definition) is 2. The molecule has 196 valence electrons. The van der Waals surface area contributed by atoms with E-state index >= 15 is 0 Å². The van der Waals surface area contributed by atoms with Crippen molar-refractivity contribution in [2.24, 2.45) is 0 Å². The molecular weight excluding hydrogens is 466 g/mol. The molecule has 37 heavy (non-hydrogen) atoms. The monoisotopic (exact) mass is 503 g/mol. The van der Waals surface area contributed by atoms with E-state index in [1.54, 1.807) is 45.0 Å². The predicted molar refractivity (Wildman–Crippen MR) is 142 cm³/mol. The minimum absolute atomic E-state index is 0.0345. The van der Waals surface area contributed by atoms with Crippen LogP contribution in [0.3, 0.4) is 0 Å². The molecule has 1 unspecified atom stereocenters. The van der Waals surface area contributed by atoms with Gasteiger partial charge in [0.15, 0.2) is 0 Å². The molecule has 3 atom stereocenters. The fourth-order valence-corrected chi connectivity index (χ4v) is 4.16. The van der Waals surface area contributed by atoms with Gasteiger partial charge >= 0.3 is 6.09 Å². The molecule has 0 radical (unpaired) electrons. The summed E-state index contributed by atoms with van der Waals surface area (Å²) in [6.07, 6.45) is -1.54. The molecule has 2 amide bonds. The number of hydrogen-bond acceptors (Lipinski definition) is 4. The maximum atomic E-state index is 13.8. The molecule has 3 aromatic rings. The van der Waals surface area contributed by atoms with Crippen LogP contribution < -0.4 is 15.8 Å². The summed E-state index contributed by atoms with van der Waals surface area (Å²) in [5, 5.41) is 16.6. The lowest BCUT2D eigenvalue weighted by Gasteiger charge is -2.42. The second kappa shape index (κ2) is 12.5. The van der Waals surface area contributed by atoms with Gasteiger partial charge in [-0.25, -0.2) is 9.39 Å². The molecule has 0 aliphatic rings. The van der Waals surface area contributed by atoms with Crippen LogP contribution in [0.4, 0.5) is 4.79 Å². The zero-order valence-corrected chi connectivity index (χ0v) is 22.0. The molecule has 0 heterocycles. The van der Waals surface area contributed by atoms with E-state index in [-0.39, 0.29) is 17.0 Å². The van der Waals surface area contributed by atoms with Gasteiger partial charge in [0.05, 0.1) is 13.6 Å². The number of likely N-dealkylation sites (N-methyl/N-ethyl adjacent to an activating group) is 1. The van der Waals surface area contributed by atoms with Gasteiger partial charge in [0.25, 0.3) is 5.91 Å². The number of carbonyl (C=O) groups is 2. The van der Waals surface area contributed by atoms with E-state index in [1.165, 1.54) is 0 Å². The molecule has 0 aliphatic carbocycles. The zero-order valence-electron chi connectivity index (χ0n) is 22.0. The molecule has 7 nitrogen and oxygen atoms in total. The van der Waals surface area contributed by atoms with Gasteiger partial charge in [-0.05, 0) is 44.9 Å². The Morgan fingerprint density at radius 2 is 1.38 bits per heavy atom. The smallest absolute Gasteiger partial charge is 0.407 e. The summed E-state index contributed by atoms with van der Waals surface area (Å²) in [5.41, 5.74) is 4.77. The maximum Gasteiger partial charge on any atom is 0.407 e. The predicted octanol–water partition coefficient (Wildman–Crippen LogP) is 3.84. The second-order valence-corrected chi connectivity index (χ2v) is 10.5. The highest BCUT2D eigenvalue weighted by Gasteiger charge is 2.31. The molecular formula is C30H37N3O4. The first-order chi connectivity index (χ1) is 17.5. The normalized spacial score (nSPS) is 14.6. The highest BCUT2D eigenvalue weighted by atomic mass is 16.6. The molecule has 3 rings (SSSR count). The van der Waals surface area contributed by atoms with Crippen LogP contribution in [0, 0.1) is 0 Å². The number of rotatable bonds is 10. The largest absolute Gasteiger partial charge is 0.846 e. The van der Waals surface area contributed by atoms with Crippen molar-refractivity contribution in [2.45, 2.75) is 51.5 Å². The van der Waals surface area contributed by atoms with E-state index < -0.39 is 23.8 Å². The van der Waals surface area contributed by atoms with E-state index in [0.717, 1.165) is 11.1 Å². The maximum absolute atomic E-state index is 13.8. The average Bonchev–Trinajstić information content (AvgIpc) is 2.84. The van der Waals surface area contributed by atoms with Gasteiger partial charge in [0.2, 0.25) is 0 Å². The Kier molecular flexibility index (Phi) is 9.44. The Morgan fingerprint density at radius 1 is 0.865 bits per heavy atom. The van der Waals surface area contributed by atoms with Gasteiger partial charge in [0.1, 0.15) is 12.1 Å². The van der Waals surface area contributed by atoms with Gasteiger partial charge < -0.3 is 15.2 Å². The van der Waals surface area contributed by atoms with Crippen molar-refractivity contribution in [3.63, 3.8) is 0 Å². The summed E-state index contributed by atoms with van der Waals surface area (Å²) in [5.74, 6) is -0.272. The lowest BCUT2D eigenvalue weighted by atomic mass is 10.0. The van der Waals surface area contributed by atoms with Crippen molar-refractivity contribution in [2.75, 3.05) is 13.6 Å². The fourth-order valence-electron chi connectivity index (χ4n) is 4.16. The number of carbonyl (C=O) groups excluding carboxylic acids is 2. The molecule has 0 saturated carbocycles. The van der Waals surface area contributed by atoms with Crippen molar-refractivity contribution in [1.82, 2.24) is 10.7 Å². The number of amides is 2. The number of benzene rings is 3.